The number of anilines is 1. The van der Waals surface area contributed by atoms with Crippen LogP contribution in [0.5, 0.6) is 0 Å². The molecule has 146 valence electrons. The van der Waals surface area contributed by atoms with Crippen LogP contribution < -0.4 is 15.5 Å². The SMILES string of the molecule is CCNC(=NCCS(=O)C(C)(C)C)NC1CCN(c2ccccc2)CC1. The highest BCUT2D eigenvalue weighted by atomic mass is 32.2. The molecule has 1 atom stereocenters. The summed E-state index contributed by atoms with van der Waals surface area (Å²) >= 11 is 0. The second-order valence-corrected chi connectivity index (χ2v) is 9.99. The van der Waals surface area contributed by atoms with Gasteiger partial charge in [-0.1, -0.05) is 18.2 Å². The van der Waals surface area contributed by atoms with Gasteiger partial charge in [-0.15, -0.1) is 0 Å². The molecule has 2 N–H and O–H groups in total. The van der Waals surface area contributed by atoms with E-state index in [1.165, 1.54) is 5.69 Å². The molecule has 6 heteroatoms. The topological polar surface area (TPSA) is 56.7 Å². The predicted molar refractivity (Wildman–Crippen MR) is 114 cm³/mol. The second kappa shape index (κ2) is 9.95. The summed E-state index contributed by atoms with van der Waals surface area (Å²) in [6.07, 6.45) is 2.18. The molecule has 0 aromatic heterocycles. The van der Waals surface area contributed by atoms with E-state index in [4.69, 9.17) is 0 Å². The molecular formula is C20H34N4OS. The van der Waals surface area contributed by atoms with E-state index < -0.39 is 10.8 Å². The standard InChI is InChI=1S/C20H34N4OS/c1-5-21-19(22-13-16-26(25)20(2,3)4)23-17-11-14-24(15-12-17)18-9-7-6-8-10-18/h6-10,17H,5,11-16H2,1-4H3,(H2,21,22,23). The monoisotopic (exact) mass is 378 g/mol. The maximum atomic E-state index is 12.2. The highest BCUT2D eigenvalue weighted by Crippen LogP contribution is 2.19. The van der Waals surface area contributed by atoms with Gasteiger partial charge in [0, 0.05) is 52.7 Å². The van der Waals surface area contributed by atoms with Gasteiger partial charge in [-0.3, -0.25) is 9.20 Å². The molecule has 1 saturated heterocycles. The molecule has 0 aliphatic carbocycles. The van der Waals surface area contributed by atoms with Gasteiger partial charge in [0.1, 0.15) is 0 Å². The van der Waals surface area contributed by atoms with Gasteiger partial charge < -0.3 is 15.5 Å². The van der Waals surface area contributed by atoms with Gasteiger partial charge in [-0.2, -0.15) is 0 Å². The number of aliphatic imine (C=N–C) groups is 1. The van der Waals surface area contributed by atoms with Gasteiger partial charge in [0.2, 0.25) is 0 Å². The highest BCUT2D eigenvalue weighted by Gasteiger charge is 2.21. The van der Waals surface area contributed by atoms with Crippen LogP contribution in [0.15, 0.2) is 35.3 Å². The Kier molecular flexibility index (Phi) is 7.94. The molecule has 1 aromatic rings. The maximum Gasteiger partial charge on any atom is 0.191 e. The molecule has 5 nitrogen and oxygen atoms in total. The first-order chi connectivity index (χ1) is 12.4. The molecule has 1 fully saturated rings. The van der Waals surface area contributed by atoms with E-state index in [2.05, 4.69) is 57.8 Å². The average molecular weight is 379 g/mol. The summed E-state index contributed by atoms with van der Waals surface area (Å²) in [5, 5.41) is 6.87. The molecule has 0 amide bonds. The third kappa shape index (κ3) is 6.63. The lowest BCUT2D eigenvalue weighted by Crippen LogP contribution is -2.49. The van der Waals surface area contributed by atoms with Crippen LogP contribution in [0.4, 0.5) is 5.69 Å². The Morgan fingerprint density at radius 2 is 1.88 bits per heavy atom. The van der Waals surface area contributed by atoms with E-state index in [1.807, 2.05) is 20.8 Å². The highest BCUT2D eigenvalue weighted by molar-refractivity contribution is 7.86. The van der Waals surface area contributed by atoms with E-state index in [-0.39, 0.29) is 4.75 Å². The molecule has 0 radical (unpaired) electrons. The van der Waals surface area contributed by atoms with Crippen molar-refractivity contribution >= 4 is 22.4 Å². The van der Waals surface area contributed by atoms with Crippen molar-refractivity contribution in [2.45, 2.75) is 51.3 Å². The minimum atomic E-state index is -0.860. The van der Waals surface area contributed by atoms with Crippen molar-refractivity contribution in [3.8, 4) is 0 Å². The number of guanidine groups is 1. The number of nitrogens with zero attached hydrogens (tertiary/aromatic N) is 2. The third-order valence-electron chi connectivity index (χ3n) is 4.53. The Labute approximate surface area is 161 Å². The van der Waals surface area contributed by atoms with E-state index in [0.29, 0.717) is 18.3 Å². The number of hydrogen-bond acceptors (Lipinski definition) is 3. The van der Waals surface area contributed by atoms with Crippen LogP contribution >= 0.6 is 0 Å². The summed E-state index contributed by atoms with van der Waals surface area (Å²) in [7, 11) is -0.860. The molecule has 1 aliphatic heterocycles. The minimum absolute atomic E-state index is 0.175. The first-order valence-electron chi connectivity index (χ1n) is 9.63. The van der Waals surface area contributed by atoms with Crippen LogP contribution in [0.3, 0.4) is 0 Å². The van der Waals surface area contributed by atoms with Crippen LogP contribution in [0.25, 0.3) is 0 Å². The molecule has 0 bridgehead atoms. The zero-order valence-corrected chi connectivity index (χ0v) is 17.4. The predicted octanol–water partition coefficient (Wildman–Crippen LogP) is 2.76. The van der Waals surface area contributed by atoms with Crippen molar-refractivity contribution < 1.29 is 4.21 Å². The van der Waals surface area contributed by atoms with Crippen molar-refractivity contribution in [2.75, 3.05) is 36.8 Å². The minimum Gasteiger partial charge on any atom is -0.371 e. The number of benzene rings is 1. The molecule has 0 spiro atoms. The first kappa shape index (κ1) is 20.7. The number of rotatable bonds is 6. The van der Waals surface area contributed by atoms with E-state index >= 15 is 0 Å². The van der Waals surface area contributed by atoms with Gasteiger partial charge in [-0.05, 0) is 52.7 Å². The van der Waals surface area contributed by atoms with Crippen molar-refractivity contribution in [2.24, 2.45) is 4.99 Å². The average Bonchev–Trinajstić information content (AvgIpc) is 2.62. The fraction of sp³-hybridized carbons (Fsp3) is 0.650. The summed E-state index contributed by atoms with van der Waals surface area (Å²) in [5.41, 5.74) is 1.30. The summed E-state index contributed by atoms with van der Waals surface area (Å²) < 4.78 is 12.0. The summed E-state index contributed by atoms with van der Waals surface area (Å²) in [6.45, 7) is 11.6. The van der Waals surface area contributed by atoms with Crippen molar-refractivity contribution in [3.63, 3.8) is 0 Å². The van der Waals surface area contributed by atoms with Crippen molar-refractivity contribution in [3.05, 3.63) is 30.3 Å². The maximum absolute atomic E-state index is 12.2. The second-order valence-electron chi connectivity index (χ2n) is 7.66. The lowest BCUT2D eigenvalue weighted by Gasteiger charge is -2.34. The van der Waals surface area contributed by atoms with Crippen LogP contribution in [-0.4, -0.2) is 52.9 Å². The van der Waals surface area contributed by atoms with Gasteiger partial charge in [0.05, 0.1) is 6.54 Å². The normalized spacial score (nSPS) is 17.8. The molecule has 1 unspecified atom stereocenters. The quantitative estimate of drug-likeness (QED) is 0.590. The fourth-order valence-electron chi connectivity index (χ4n) is 2.98. The first-order valence-corrected chi connectivity index (χ1v) is 11.0. The van der Waals surface area contributed by atoms with Crippen molar-refractivity contribution in [1.29, 1.82) is 0 Å². The van der Waals surface area contributed by atoms with E-state index in [1.54, 1.807) is 0 Å². The van der Waals surface area contributed by atoms with E-state index in [0.717, 1.165) is 38.4 Å². The number of nitrogens with one attached hydrogen (secondary N) is 2. The zero-order chi connectivity index (χ0) is 19.0. The third-order valence-corrected chi connectivity index (χ3v) is 6.45. The molecule has 1 heterocycles. The molecule has 0 saturated carbocycles. The Morgan fingerprint density at radius 1 is 1.23 bits per heavy atom. The lowest BCUT2D eigenvalue weighted by atomic mass is 10.0. The Balaban J connectivity index is 1.82. The molecule has 2 rings (SSSR count). The van der Waals surface area contributed by atoms with Gasteiger partial charge >= 0.3 is 0 Å². The van der Waals surface area contributed by atoms with Gasteiger partial charge in [-0.25, -0.2) is 0 Å². The van der Waals surface area contributed by atoms with E-state index in [9.17, 15) is 4.21 Å². The lowest BCUT2D eigenvalue weighted by molar-refractivity contribution is 0.461. The zero-order valence-electron chi connectivity index (χ0n) is 16.6. The molecule has 1 aliphatic rings. The summed E-state index contributed by atoms with van der Waals surface area (Å²) in [5.74, 6) is 1.45. The fourth-order valence-corrected chi connectivity index (χ4v) is 3.85. The molecular weight excluding hydrogens is 344 g/mol. The molecule has 26 heavy (non-hydrogen) atoms. The molecule has 1 aromatic carbocycles. The smallest absolute Gasteiger partial charge is 0.191 e. The summed E-state index contributed by atoms with van der Waals surface area (Å²) in [6, 6.07) is 11.0. The number of piperidine rings is 1. The van der Waals surface area contributed by atoms with Crippen LogP contribution in [0, 0.1) is 0 Å². The van der Waals surface area contributed by atoms with Crippen LogP contribution in [0.1, 0.15) is 40.5 Å². The Morgan fingerprint density at radius 3 is 2.46 bits per heavy atom. The van der Waals surface area contributed by atoms with Crippen LogP contribution in [0.2, 0.25) is 0 Å². The number of hydrogen-bond donors (Lipinski definition) is 2. The largest absolute Gasteiger partial charge is 0.371 e. The number of para-hydroxylation sites is 1. The van der Waals surface area contributed by atoms with Crippen LogP contribution in [-0.2, 0) is 10.8 Å². The summed E-state index contributed by atoms with van der Waals surface area (Å²) in [4.78, 5) is 7.07. The van der Waals surface area contributed by atoms with Crippen molar-refractivity contribution in [1.82, 2.24) is 10.6 Å². The Bertz CT molecular complexity index is 590. The van der Waals surface area contributed by atoms with Gasteiger partial charge in [0.25, 0.3) is 0 Å². The Hall–Kier alpha value is -1.56. The van der Waals surface area contributed by atoms with Gasteiger partial charge in [0.15, 0.2) is 5.96 Å².